The fraction of sp³-hybridized carbons (Fsp3) is 0.357. The zero-order chi connectivity index (χ0) is 19.2. The molecule has 0 fully saturated rings. The summed E-state index contributed by atoms with van der Waals surface area (Å²) in [7, 11) is 1.06. The molecular weight excluding hydrogens is 367 g/mol. The Morgan fingerprint density at radius 3 is 2.40 bits per heavy atom. The van der Waals surface area contributed by atoms with Crippen molar-refractivity contribution >= 4 is 29.4 Å². The standard InChI is InChI=1S/C14H15ClF3N3O4/c1-25-11(23)6-20-13(24)21(7-10(22)14(16,17)18)12(19)8-2-4-9(15)5-3-8/h2-5,10,19,22H,6-7H2,1H3,(H,20,24)/t10-/m0/s1. The molecule has 0 unspecified atom stereocenters. The number of aliphatic hydroxyl groups is 1. The van der Waals surface area contributed by atoms with Crippen LogP contribution in [-0.2, 0) is 9.53 Å². The van der Waals surface area contributed by atoms with Gasteiger partial charge in [0.15, 0.2) is 6.10 Å². The summed E-state index contributed by atoms with van der Waals surface area (Å²) in [6.07, 6.45) is -7.86. The van der Waals surface area contributed by atoms with Crippen molar-refractivity contribution in [3.63, 3.8) is 0 Å². The normalized spacial score (nSPS) is 12.2. The van der Waals surface area contributed by atoms with Crippen LogP contribution in [0.1, 0.15) is 5.56 Å². The minimum absolute atomic E-state index is 0.0898. The predicted octanol–water partition coefficient (Wildman–Crippen LogP) is 1.77. The summed E-state index contributed by atoms with van der Waals surface area (Å²) >= 11 is 5.70. The van der Waals surface area contributed by atoms with Crippen LogP contribution in [0, 0.1) is 5.41 Å². The first-order valence-electron chi connectivity index (χ1n) is 6.77. The number of nitrogens with one attached hydrogen (secondary N) is 2. The molecule has 1 aromatic rings. The number of esters is 1. The molecule has 0 saturated heterocycles. The number of carbonyl (C=O) groups is 2. The van der Waals surface area contributed by atoms with Crippen LogP contribution in [0.3, 0.4) is 0 Å². The van der Waals surface area contributed by atoms with E-state index < -0.39 is 43.2 Å². The van der Waals surface area contributed by atoms with Crippen LogP contribution in [0.25, 0.3) is 0 Å². The maximum atomic E-state index is 12.6. The molecule has 11 heteroatoms. The van der Waals surface area contributed by atoms with Gasteiger partial charge in [-0.25, -0.2) is 4.79 Å². The highest BCUT2D eigenvalue weighted by Crippen LogP contribution is 2.21. The third-order valence-electron chi connectivity index (χ3n) is 2.98. The Morgan fingerprint density at radius 1 is 1.36 bits per heavy atom. The van der Waals surface area contributed by atoms with Crippen molar-refractivity contribution in [1.82, 2.24) is 10.2 Å². The Labute approximate surface area is 145 Å². The van der Waals surface area contributed by atoms with Crippen molar-refractivity contribution in [2.24, 2.45) is 0 Å². The van der Waals surface area contributed by atoms with Gasteiger partial charge >= 0.3 is 18.2 Å². The van der Waals surface area contributed by atoms with Gasteiger partial charge in [0.1, 0.15) is 12.4 Å². The van der Waals surface area contributed by atoms with Crippen LogP contribution in [0.5, 0.6) is 0 Å². The number of carbonyl (C=O) groups excluding carboxylic acids is 2. The van der Waals surface area contributed by atoms with Crippen molar-refractivity contribution in [2.75, 3.05) is 20.2 Å². The van der Waals surface area contributed by atoms with Crippen molar-refractivity contribution in [3.05, 3.63) is 34.9 Å². The monoisotopic (exact) mass is 381 g/mol. The molecule has 0 saturated carbocycles. The topological polar surface area (TPSA) is 103 Å². The lowest BCUT2D eigenvalue weighted by atomic mass is 10.2. The van der Waals surface area contributed by atoms with Crippen LogP contribution in [0.15, 0.2) is 24.3 Å². The van der Waals surface area contributed by atoms with E-state index in [9.17, 15) is 27.9 Å². The molecule has 2 amide bonds. The van der Waals surface area contributed by atoms with E-state index in [4.69, 9.17) is 17.0 Å². The average molecular weight is 382 g/mol. The van der Waals surface area contributed by atoms with Gasteiger partial charge in [-0.05, 0) is 24.3 Å². The maximum absolute atomic E-state index is 12.6. The summed E-state index contributed by atoms with van der Waals surface area (Å²) in [5.74, 6) is -1.44. The molecule has 7 nitrogen and oxygen atoms in total. The van der Waals surface area contributed by atoms with Gasteiger partial charge in [-0.15, -0.1) is 0 Å². The number of methoxy groups -OCH3 is 1. The SMILES string of the molecule is COC(=O)CNC(=O)N(C[C@H](O)C(F)(F)F)C(=N)c1ccc(Cl)cc1. The maximum Gasteiger partial charge on any atom is 0.416 e. The number of aliphatic hydroxyl groups excluding tert-OH is 1. The van der Waals surface area contributed by atoms with Crippen molar-refractivity contribution in [2.45, 2.75) is 12.3 Å². The Morgan fingerprint density at radius 2 is 1.92 bits per heavy atom. The zero-order valence-electron chi connectivity index (χ0n) is 12.9. The largest absolute Gasteiger partial charge is 0.468 e. The highest BCUT2D eigenvalue weighted by atomic mass is 35.5. The minimum atomic E-state index is -4.98. The second-order valence-electron chi connectivity index (χ2n) is 4.76. The van der Waals surface area contributed by atoms with Crippen LogP contribution < -0.4 is 5.32 Å². The number of urea groups is 1. The van der Waals surface area contributed by atoms with Crippen molar-refractivity contribution < 1.29 is 32.6 Å². The Hall–Kier alpha value is -2.33. The Bertz CT molecular complexity index is 637. The number of hydrogen-bond donors (Lipinski definition) is 3. The van der Waals surface area contributed by atoms with E-state index in [1.54, 1.807) is 0 Å². The molecule has 138 valence electrons. The third kappa shape index (κ3) is 6.24. The van der Waals surface area contributed by atoms with E-state index in [2.05, 4.69) is 4.74 Å². The van der Waals surface area contributed by atoms with Gasteiger partial charge in [0.2, 0.25) is 0 Å². The van der Waals surface area contributed by atoms with E-state index in [0.717, 1.165) is 7.11 Å². The first-order chi connectivity index (χ1) is 11.6. The van der Waals surface area contributed by atoms with Crippen LogP contribution in [0.2, 0.25) is 5.02 Å². The first kappa shape index (κ1) is 20.7. The number of rotatable bonds is 5. The fourth-order valence-electron chi connectivity index (χ4n) is 1.63. The number of benzene rings is 1. The summed E-state index contributed by atoms with van der Waals surface area (Å²) in [6.45, 7) is -1.83. The Balaban J connectivity index is 3.00. The van der Waals surface area contributed by atoms with E-state index in [1.807, 2.05) is 5.32 Å². The molecule has 0 aromatic heterocycles. The number of amides is 2. The van der Waals surface area contributed by atoms with Gasteiger partial charge in [-0.2, -0.15) is 13.2 Å². The first-order valence-corrected chi connectivity index (χ1v) is 7.15. The number of nitrogens with zero attached hydrogens (tertiary/aromatic N) is 1. The molecule has 0 aliphatic heterocycles. The van der Waals surface area contributed by atoms with Crippen molar-refractivity contribution in [3.8, 4) is 0 Å². The highest BCUT2D eigenvalue weighted by molar-refractivity contribution is 6.30. The van der Waals surface area contributed by atoms with Crippen LogP contribution >= 0.6 is 11.6 Å². The second-order valence-corrected chi connectivity index (χ2v) is 5.19. The number of amidine groups is 1. The summed E-state index contributed by atoms with van der Waals surface area (Å²) in [6, 6.07) is 4.25. The van der Waals surface area contributed by atoms with Gasteiger partial charge < -0.3 is 15.2 Å². The van der Waals surface area contributed by atoms with Crippen LogP contribution in [-0.4, -0.2) is 60.3 Å². The fourth-order valence-corrected chi connectivity index (χ4v) is 1.76. The average Bonchev–Trinajstić information content (AvgIpc) is 2.56. The van der Waals surface area contributed by atoms with E-state index in [1.165, 1.54) is 24.3 Å². The molecule has 1 rings (SSSR count). The zero-order valence-corrected chi connectivity index (χ0v) is 13.7. The number of alkyl halides is 3. The lowest BCUT2D eigenvalue weighted by Crippen LogP contribution is -2.51. The molecule has 1 atom stereocenters. The molecule has 0 heterocycles. The lowest BCUT2D eigenvalue weighted by molar-refractivity contribution is -0.204. The van der Waals surface area contributed by atoms with E-state index in [-0.39, 0.29) is 5.56 Å². The smallest absolute Gasteiger partial charge is 0.416 e. The summed E-state index contributed by atoms with van der Waals surface area (Å²) < 4.78 is 42.1. The Kier molecular flexibility index (Phi) is 7.19. The lowest BCUT2D eigenvalue weighted by Gasteiger charge is -2.26. The molecular formula is C14H15ClF3N3O4. The minimum Gasteiger partial charge on any atom is -0.468 e. The number of ether oxygens (including phenoxy) is 1. The van der Waals surface area contributed by atoms with Gasteiger partial charge in [0, 0.05) is 10.6 Å². The highest BCUT2D eigenvalue weighted by Gasteiger charge is 2.41. The predicted molar refractivity (Wildman–Crippen MR) is 82.5 cm³/mol. The summed E-state index contributed by atoms with van der Waals surface area (Å²) in [5, 5.41) is 19.5. The molecule has 25 heavy (non-hydrogen) atoms. The molecule has 0 aliphatic carbocycles. The van der Waals surface area contributed by atoms with Gasteiger partial charge in [0.05, 0.1) is 13.7 Å². The van der Waals surface area contributed by atoms with Crippen molar-refractivity contribution in [1.29, 1.82) is 5.41 Å². The summed E-state index contributed by atoms with van der Waals surface area (Å²) in [5.41, 5.74) is 0.0898. The van der Waals surface area contributed by atoms with Crippen LogP contribution in [0.4, 0.5) is 18.0 Å². The van der Waals surface area contributed by atoms with Gasteiger partial charge in [-0.3, -0.25) is 15.1 Å². The molecule has 0 spiro atoms. The second kappa shape index (κ2) is 8.67. The number of hydrogen-bond acceptors (Lipinski definition) is 5. The van der Waals surface area contributed by atoms with Gasteiger partial charge in [-0.1, -0.05) is 11.6 Å². The summed E-state index contributed by atoms with van der Waals surface area (Å²) in [4.78, 5) is 23.5. The third-order valence-corrected chi connectivity index (χ3v) is 3.23. The van der Waals surface area contributed by atoms with Gasteiger partial charge in [0.25, 0.3) is 0 Å². The molecule has 3 N–H and O–H groups in total. The molecule has 0 bridgehead atoms. The molecule has 0 aliphatic rings. The molecule has 1 aromatic carbocycles. The van der Waals surface area contributed by atoms with E-state index in [0.29, 0.717) is 9.92 Å². The molecule has 0 radical (unpaired) electrons. The number of halogens is 4. The van der Waals surface area contributed by atoms with E-state index >= 15 is 0 Å². The quantitative estimate of drug-likeness (QED) is 0.411.